The molecule has 5 N–H and O–H groups in total. The predicted octanol–water partition coefficient (Wildman–Crippen LogP) is 0.221. The summed E-state index contributed by atoms with van der Waals surface area (Å²) in [5.74, 6) is -1.48. The van der Waals surface area contributed by atoms with E-state index in [2.05, 4.69) is 0 Å². The van der Waals surface area contributed by atoms with Crippen LogP contribution in [-0.2, 0) is 16.1 Å². The van der Waals surface area contributed by atoms with Gasteiger partial charge in [-0.25, -0.2) is 9.59 Å². The molecule has 0 spiro atoms. The zero-order chi connectivity index (χ0) is 15.3. The number of rotatable bonds is 5. The second kappa shape index (κ2) is 6.60. The van der Waals surface area contributed by atoms with Crippen LogP contribution >= 0.6 is 0 Å². The number of carbonyl (C=O) groups excluding carboxylic acids is 3. The van der Waals surface area contributed by atoms with E-state index in [9.17, 15) is 14.4 Å². The first-order valence-electron chi connectivity index (χ1n) is 6.12. The zero-order valence-electron chi connectivity index (χ0n) is 11.4. The molecule has 0 fully saturated rings. The Balaban J connectivity index is 2.75. The van der Waals surface area contributed by atoms with Gasteiger partial charge in [0.25, 0.3) is 5.91 Å². The van der Waals surface area contributed by atoms with Crippen LogP contribution in [0.1, 0.15) is 30.8 Å². The Bertz CT molecular complexity index is 524. The fraction of sp³-hybridized carbons (Fsp3) is 0.417. The number of hydrogen-bond donors (Lipinski definition) is 3. The monoisotopic (exact) mass is 282 g/mol. The summed E-state index contributed by atoms with van der Waals surface area (Å²) in [6, 6.07) is 0.466. The Hall–Kier alpha value is -2.51. The van der Waals surface area contributed by atoms with Crippen LogP contribution in [0, 0.1) is 0 Å². The first-order valence-corrected chi connectivity index (χ1v) is 6.12. The van der Waals surface area contributed by atoms with Crippen molar-refractivity contribution in [1.82, 2.24) is 9.88 Å². The molecule has 1 unspecified atom stereocenters. The molecule has 0 aliphatic carbocycles. The van der Waals surface area contributed by atoms with E-state index < -0.39 is 24.0 Å². The number of hydrogen-bond acceptors (Lipinski definition) is 5. The molecule has 8 heteroatoms. The van der Waals surface area contributed by atoms with Crippen LogP contribution in [0.25, 0.3) is 0 Å². The summed E-state index contributed by atoms with van der Waals surface area (Å²) in [4.78, 5) is 33.9. The summed E-state index contributed by atoms with van der Waals surface area (Å²) in [6.07, 6.45) is 1.29. The van der Waals surface area contributed by atoms with Gasteiger partial charge in [0.2, 0.25) is 0 Å². The molecule has 1 rings (SSSR count). The number of amides is 3. The van der Waals surface area contributed by atoms with Gasteiger partial charge < -0.3 is 20.8 Å². The molecule has 3 amide bonds. The number of nitrogen functional groups attached to an aromatic ring is 1. The van der Waals surface area contributed by atoms with Gasteiger partial charge >= 0.3 is 12.0 Å². The van der Waals surface area contributed by atoms with E-state index in [1.165, 1.54) is 13.0 Å². The van der Waals surface area contributed by atoms with E-state index in [-0.39, 0.29) is 5.69 Å². The fourth-order valence-electron chi connectivity index (χ4n) is 1.63. The van der Waals surface area contributed by atoms with Gasteiger partial charge in [-0.05, 0) is 19.4 Å². The quantitative estimate of drug-likeness (QED) is 0.665. The lowest BCUT2D eigenvalue weighted by atomic mass is 10.3. The summed E-state index contributed by atoms with van der Waals surface area (Å²) < 4.78 is 6.61. The Morgan fingerprint density at radius 1 is 1.45 bits per heavy atom. The Morgan fingerprint density at radius 2 is 2.10 bits per heavy atom. The van der Waals surface area contributed by atoms with E-state index in [1.54, 1.807) is 10.8 Å². The van der Waals surface area contributed by atoms with E-state index >= 15 is 0 Å². The molecule has 1 heterocycles. The van der Waals surface area contributed by atoms with Gasteiger partial charge in [-0.1, -0.05) is 6.92 Å². The molecule has 0 aliphatic rings. The lowest BCUT2D eigenvalue weighted by Crippen LogP contribution is -2.42. The number of esters is 1. The van der Waals surface area contributed by atoms with Crippen LogP contribution in [0.5, 0.6) is 0 Å². The number of aromatic nitrogens is 1. The van der Waals surface area contributed by atoms with Gasteiger partial charge in [-0.2, -0.15) is 0 Å². The highest BCUT2D eigenvalue weighted by molar-refractivity contribution is 5.97. The van der Waals surface area contributed by atoms with Gasteiger partial charge in [0, 0.05) is 12.7 Å². The van der Waals surface area contributed by atoms with Gasteiger partial charge in [-0.15, -0.1) is 0 Å². The van der Waals surface area contributed by atoms with Gasteiger partial charge in [0.1, 0.15) is 5.69 Å². The number of urea groups is 1. The maximum absolute atomic E-state index is 12.0. The highest BCUT2D eigenvalue weighted by atomic mass is 16.5. The number of imide groups is 1. The number of anilines is 1. The van der Waals surface area contributed by atoms with Crippen LogP contribution in [0.3, 0.4) is 0 Å². The number of nitrogens with one attached hydrogen (secondary N) is 1. The molecule has 1 aromatic rings. The van der Waals surface area contributed by atoms with Crippen molar-refractivity contribution in [3.05, 3.63) is 18.0 Å². The highest BCUT2D eigenvalue weighted by Gasteiger charge is 2.22. The highest BCUT2D eigenvalue weighted by Crippen LogP contribution is 2.13. The van der Waals surface area contributed by atoms with Crippen molar-refractivity contribution in [2.24, 2.45) is 5.73 Å². The first kappa shape index (κ1) is 15.5. The third-order valence-corrected chi connectivity index (χ3v) is 2.49. The van der Waals surface area contributed by atoms with E-state index in [1.807, 2.05) is 12.2 Å². The van der Waals surface area contributed by atoms with Crippen molar-refractivity contribution in [1.29, 1.82) is 0 Å². The third-order valence-electron chi connectivity index (χ3n) is 2.49. The van der Waals surface area contributed by atoms with E-state index in [0.717, 1.165) is 6.42 Å². The van der Waals surface area contributed by atoms with Crippen LogP contribution < -0.4 is 16.8 Å². The van der Waals surface area contributed by atoms with Crippen molar-refractivity contribution in [3.63, 3.8) is 0 Å². The molecular formula is C12H18N4O4. The minimum absolute atomic E-state index is 0.253. The molecule has 0 saturated carbocycles. The van der Waals surface area contributed by atoms with Crippen LogP contribution in [0.15, 0.2) is 12.3 Å². The fourth-order valence-corrected chi connectivity index (χ4v) is 1.63. The summed E-state index contributed by atoms with van der Waals surface area (Å²) in [6.45, 7) is 3.89. The second-order valence-electron chi connectivity index (χ2n) is 4.25. The smallest absolute Gasteiger partial charge is 0.355 e. The number of ether oxygens (including phenoxy) is 1. The molecule has 0 aliphatic heterocycles. The average Bonchev–Trinajstić information content (AvgIpc) is 2.70. The molecule has 1 aromatic heterocycles. The second-order valence-corrected chi connectivity index (χ2v) is 4.25. The molecule has 110 valence electrons. The average molecular weight is 282 g/mol. The molecule has 0 radical (unpaired) electrons. The summed E-state index contributed by atoms with van der Waals surface area (Å²) in [5.41, 5.74) is 11.1. The lowest BCUT2D eigenvalue weighted by molar-refractivity contribution is -0.127. The topological polar surface area (TPSA) is 129 Å². The Labute approximate surface area is 116 Å². The summed E-state index contributed by atoms with van der Waals surface area (Å²) in [5, 5.41) is 1.84. The van der Waals surface area contributed by atoms with Gasteiger partial charge in [0.15, 0.2) is 6.10 Å². The van der Waals surface area contributed by atoms with Crippen molar-refractivity contribution in [3.8, 4) is 0 Å². The molecule has 20 heavy (non-hydrogen) atoms. The number of primary amides is 1. The summed E-state index contributed by atoms with van der Waals surface area (Å²) in [7, 11) is 0. The Morgan fingerprint density at radius 3 is 2.65 bits per heavy atom. The molecule has 0 saturated heterocycles. The standard InChI is InChI=1S/C12H18N4O4/c1-3-4-16-6-8(13)5-9(16)11(18)20-7(2)10(17)15-12(14)19/h5-7H,3-4,13H2,1-2H3,(H3,14,15,17,19). The molecular weight excluding hydrogens is 264 g/mol. The number of nitrogens with two attached hydrogens (primary N) is 2. The predicted molar refractivity (Wildman–Crippen MR) is 71.7 cm³/mol. The molecule has 8 nitrogen and oxygen atoms in total. The third kappa shape index (κ3) is 4.01. The van der Waals surface area contributed by atoms with E-state index in [0.29, 0.717) is 12.2 Å². The zero-order valence-corrected chi connectivity index (χ0v) is 11.4. The van der Waals surface area contributed by atoms with Crippen LogP contribution in [-0.4, -0.2) is 28.6 Å². The minimum Gasteiger partial charge on any atom is -0.448 e. The van der Waals surface area contributed by atoms with Crippen molar-refractivity contribution in [2.75, 3.05) is 5.73 Å². The van der Waals surface area contributed by atoms with Crippen molar-refractivity contribution < 1.29 is 19.1 Å². The van der Waals surface area contributed by atoms with Crippen LogP contribution in [0.2, 0.25) is 0 Å². The summed E-state index contributed by atoms with van der Waals surface area (Å²) >= 11 is 0. The van der Waals surface area contributed by atoms with Crippen molar-refractivity contribution in [2.45, 2.75) is 32.9 Å². The number of aryl methyl sites for hydroxylation is 1. The minimum atomic E-state index is -1.14. The van der Waals surface area contributed by atoms with Crippen LogP contribution in [0.4, 0.5) is 10.5 Å². The van der Waals surface area contributed by atoms with Gasteiger partial charge in [-0.3, -0.25) is 10.1 Å². The lowest BCUT2D eigenvalue weighted by Gasteiger charge is -2.13. The molecule has 0 bridgehead atoms. The largest absolute Gasteiger partial charge is 0.448 e. The van der Waals surface area contributed by atoms with Gasteiger partial charge in [0.05, 0.1) is 5.69 Å². The maximum Gasteiger partial charge on any atom is 0.355 e. The molecule has 1 atom stereocenters. The maximum atomic E-state index is 12.0. The Kier molecular flexibility index (Phi) is 5.13. The van der Waals surface area contributed by atoms with Crippen molar-refractivity contribution >= 4 is 23.6 Å². The number of nitrogens with zero attached hydrogens (tertiary/aromatic N) is 1. The first-order chi connectivity index (χ1) is 9.35. The van der Waals surface area contributed by atoms with E-state index in [4.69, 9.17) is 16.2 Å². The normalized spacial score (nSPS) is 11.7. The molecule has 0 aromatic carbocycles. The SMILES string of the molecule is CCCn1cc(N)cc1C(=O)OC(C)C(=O)NC(N)=O. The number of carbonyl (C=O) groups is 3.